The Hall–Kier alpha value is -0.580. The summed E-state index contributed by atoms with van der Waals surface area (Å²) in [4.78, 5) is 0.303. The molecule has 0 saturated heterocycles. The third kappa shape index (κ3) is 5.08. The number of sulfonamides is 1. The molecular formula is C15H24ClNO2S. The summed E-state index contributed by atoms with van der Waals surface area (Å²) in [7, 11) is -3.43. The van der Waals surface area contributed by atoms with E-state index in [4.69, 9.17) is 11.6 Å². The maximum Gasteiger partial charge on any atom is 0.240 e. The van der Waals surface area contributed by atoms with E-state index in [1.807, 2.05) is 19.1 Å². The topological polar surface area (TPSA) is 46.2 Å². The van der Waals surface area contributed by atoms with Crippen molar-refractivity contribution in [2.75, 3.05) is 12.4 Å². The highest BCUT2D eigenvalue weighted by molar-refractivity contribution is 7.89. The van der Waals surface area contributed by atoms with Crippen LogP contribution in [-0.2, 0) is 16.4 Å². The minimum absolute atomic E-state index is 0.0761. The Morgan fingerprint density at radius 2 is 1.75 bits per heavy atom. The van der Waals surface area contributed by atoms with Crippen LogP contribution in [0, 0.1) is 11.3 Å². The van der Waals surface area contributed by atoms with Crippen molar-refractivity contribution in [3.63, 3.8) is 0 Å². The molecule has 0 spiro atoms. The summed E-state index contributed by atoms with van der Waals surface area (Å²) in [5, 5.41) is 0. The summed E-state index contributed by atoms with van der Waals surface area (Å²) in [5.74, 6) is 0.792. The smallest absolute Gasteiger partial charge is 0.211 e. The van der Waals surface area contributed by atoms with Crippen LogP contribution in [0.2, 0.25) is 0 Å². The normalized spacial score (nSPS) is 14.2. The zero-order valence-corrected chi connectivity index (χ0v) is 14.2. The van der Waals surface area contributed by atoms with Gasteiger partial charge in [0.15, 0.2) is 0 Å². The van der Waals surface area contributed by atoms with Gasteiger partial charge in [-0.2, -0.15) is 0 Å². The quantitative estimate of drug-likeness (QED) is 0.817. The largest absolute Gasteiger partial charge is 0.240 e. The van der Waals surface area contributed by atoms with E-state index in [0.29, 0.717) is 17.3 Å². The fraction of sp³-hybridized carbons (Fsp3) is 0.600. The van der Waals surface area contributed by atoms with Crippen LogP contribution in [0.25, 0.3) is 0 Å². The molecule has 0 bridgehead atoms. The highest BCUT2D eigenvalue weighted by atomic mass is 35.5. The van der Waals surface area contributed by atoms with Gasteiger partial charge in [-0.1, -0.05) is 39.8 Å². The molecule has 1 aromatic rings. The number of alkyl halides is 1. The highest BCUT2D eigenvalue weighted by Crippen LogP contribution is 2.25. The van der Waals surface area contributed by atoms with Gasteiger partial charge in [0.25, 0.3) is 0 Å². The fourth-order valence-electron chi connectivity index (χ4n) is 1.57. The second kappa shape index (κ2) is 6.92. The van der Waals surface area contributed by atoms with Crippen molar-refractivity contribution in [2.45, 2.75) is 39.0 Å². The Morgan fingerprint density at radius 1 is 1.20 bits per heavy atom. The summed E-state index contributed by atoms with van der Waals surface area (Å²) in [6.07, 6.45) is 0.746. The first kappa shape index (κ1) is 17.5. The average molecular weight is 318 g/mol. The summed E-state index contributed by atoms with van der Waals surface area (Å²) in [6.45, 7) is 8.80. The lowest BCUT2D eigenvalue weighted by atomic mass is 9.82. The Labute approximate surface area is 127 Å². The maximum absolute atomic E-state index is 12.2. The Balaban J connectivity index is 2.74. The SMILES string of the molecule is CC(CNS(=O)(=O)c1ccc(CCCl)cc1)C(C)(C)C. The van der Waals surface area contributed by atoms with Crippen LogP contribution in [0.1, 0.15) is 33.3 Å². The number of aryl methyl sites for hydroxylation is 1. The van der Waals surface area contributed by atoms with E-state index in [2.05, 4.69) is 25.5 Å². The zero-order chi connectivity index (χ0) is 15.4. The minimum atomic E-state index is -3.43. The van der Waals surface area contributed by atoms with Crippen LogP contribution < -0.4 is 4.72 Å². The molecule has 20 heavy (non-hydrogen) atoms. The van der Waals surface area contributed by atoms with Gasteiger partial charge < -0.3 is 0 Å². The molecule has 114 valence electrons. The second-order valence-electron chi connectivity index (χ2n) is 6.20. The Bertz CT molecular complexity index is 518. The van der Waals surface area contributed by atoms with Gasteiger partial charge >= 0.3 is 0 Å². The van der Waals surface area contributed by atoms with Gasteiger partial charge in [0.05, 0.1) is 4.90 Å². The predicted molar refractivity (Wildman–Crippen MR) is 84.7 cm³/mol. The van der Waals surface area contributed by atoms with Crippen molar-refractivity contribution in [3.05, 3.63) is 29.8 Å². The van der Waals surface area contributed by atoms with Crippen LogP contribution in [0.3, 0.4) is 0 Å². The first-order valence-electron chi connectivity index (χ1n) is 6.81. The molecule has 1 aromatic carbocycles. The number of hydrogen-bond donors (Lipinski definition) is 1. The number of nitrogens with one attached hydrogen (secondary N) is 1. The molecule has 0 radical (unpaired) electrons. The number of benzene rings is 1. The lowest BCUT2D eigenvalue weighted by Crippen LogP contribution is -2.33. The molecule has 5 heteroatoms. The second-order valence-corrected chi connectivity index (χ2v) is 8.35. The molecule has 1 N–H and O–H groups in total. The van der Waals surface area contributed by atoms with Gasteiger partial charge in [-0.25, -0.2) is 13.1 Å². The van der Waals surface area contributed by atoms with E-state index in [0.717, 1.165) is 12.0 Å². The van der Waals surface area contributed by atoms with Crippen LogP contribution >= 0.6 is 11.6 Å². The molecule has 0 amide bonds. The molecule has 0 fully saturated rings. The number of halogens is 1. The van der Waals surface area contributed by atoms with E-state index >= 15 is 0 Å². The van der Waals surface area contributed by atoms with E-state index in [1.165, 1.54) is 0 Å². The van der Waals surface area contributed by atoms with Gasteiger partial charge in [0, 0.05) is 12.4 Å². The lowest BCUT2D eigenvalue weighted by molar-refractivity contribution is 0.263. The summed E-state index contributed by atoms with van der Waals surface area (Å²) in [6, 6.07) is 6.88. The highest BCUT2D eigenvalue weighted by Gasteiger charge is 2.22. The Morgan fingerprint density at radius 3 is 2.20 bits per heavy atom. The van der Waals surface area contributed by atoms with E-state index in [9.17, 15) is 8.42 Å². The van der Waals surface area contributed by atoms with Gasteiger partial charge in [0.1, 0.15) is 0 Å². The third-order valence-electron chi connectivity index (χ3n) is 3.67. The van der Waals surface area contributed by atoms with Crippen molar-refractivity contribution < 1.29 is 8.42 Å². The molecular weight excluding hydrogens is 294 g/mol. The van der Waals surface area contributed by atoms with Crippen LogP contribution in [0.15, 0.2) is 29.2 Å². The minimum Gasteiger partial charge on any atom is -0.211 e. The van der Waals surface area contributed by atoms with E-state index in [-0.39, 0.29) is 11.3 Å². The van der Waals surface area contributed by atoms with Crippen molar-refractivity contribution in [3.8, 4) is 0 Å². The zero-order valence-electron chi connectivity index (χ0n) is 12.6. The number of hydrogen-bond acceptors (Lipinski definition) is 2. The fourth-order valence-corrected chi connectivity index (χ4v) is 2.92. The van der Waals surface area contributed by atoms with Crippen molar-refractivity contribution in [1.82, 2.24) is 4.72 Å². The number of rotatable bonds is 6. The van der Waals surface area contributed by atoms with Crippen molar-refractivity contribution >= 4 is 21.6 Å². The van der Waals surface area contributed by atoms with Gasteiger partial charge in [-0.15, -0.1) is 11.6 Å². The first-order valence-corrected chi connectivity index (χ1v) is 8.83. The van der Waals surface area contributed by atoms with Gasteiger partial charge in [0.2, 0.25) is 10.0 Å². The molecule has 0 aliphatic heterocycles. The molecule has 1 unspecified atom stereocenters. The summed E-state index contributed by atoms with van der Waals surface area (Å²) >= 11 is 5.66. The lowest BCUT2D eigenvalue weighted by Gasteiger charge is -2.27. The first-order chi connectivity index (χ1) is 9.16. The van der Waals surface area contributed by atoms with Crippen molar-refractivity contribution in [2.24, 2.45) is 11.3 Å². The summed E-state index contributed by atoms with van der Waals surface area (Å²) < 4.78 is 27.1. The monoisotopic (exact) mass is 317 g/mol. The van der Waals surface area contributed by atoms with Gasteiger partial charge in [-0.3, -0.25) is 0 Å². The molecule has 0 aliphatic rings. The van der Waals surface area contributed by atoms with Crippen LogP contribution in [0.5, 0.6) is 0 Å². The Kier molecular flexibility index (Phi) is 6.05. The predicted octanol–water partition coefficient (Wildman–Crippen LogP) is 3.43. The van der Waals surface area contributed by atoms with Crippen LogP contribution in [-0.4, -0.2) is 20.8 Å². The molecule has 0 aliphatic carbocycles. The molecule has 0 heterocycles. The molecule has 1 atom stereocenters. The molecule has 3 nitrogen and oxygen atoms in total. The molecule has 0 aromatic heterocycles. The standard InChI is InChI=1S/C15H24ClNO2S/c1-12(15(2,3)4)11-17-20(18,19)14-7-5-13(6-8-14)9-10-16/h5-8,12,17H,9-11H2,1-4H3. The van der Waals surface area contributed by atoms with E-state index in [1.54, 1.807) is 12.1 Å². The van der Waals surface area contributed by atoms with Gasteiger partial charge in [-0.05, 0) is 35.4 Å². The third-order valence-corrected chi connectivity index (χ3v) is 5.30. The maximum atomic E-state index is 12.2. The summed E-state index contributed by atoms with van der Waals surface area (Å²) in [5.41, 5.74) is 1.12. The average Bonchev–Trinajstić information content (AvgIpc) is 2.36. The van der Waals surface area contributed by atoms with Crippen molar-refractivity contribution in [1.29, 1.82) is 0 Å². The van der Waals surface area contributed by atoms with Crippen LogP contribution in [0.4, 0.5) is 0 Å². The van der Waals surface area contributed by atoms with E-state index < -0.39 is 10.0 Å². The molecule has 1 rings (SSSR count). The molecule has 0 saturated carbocycles.